The molecule has 7 heteroatoms. The second-order valence-electron chi connectivity index (χ2n) is 6.78. The van der Waals surface area contributed by atoms with Crippen molar-refractivity contribution in [2.24, 2.45) is 0 Å². The summed E-state index contributed by atoms with van der Waals surface area (Å²) in [5, 5.41) is 9.12. The fraction of sp³-hybridized carbons (Fsp3) is 0.286. The Labute approximate surface area is 161 Å². The van der Waals surface area contributed by atoms with Crippen molar-refractivity contribution in [2.75, 3.05) is 6.54 Å². The summed E-state index contributed by atoms with van der Waals surface area (Å²) in [5.41, 5.74) is 2.24. The Balaban J connectivity index is 1.59. The molecule has 0 N–H and O–H groups in total. The summed E-state index contributed by atoms with van der Waals surface area (Å²) >= 11 is 0. The summed E-state index contributed by atoms with van der Waals surface area (Å²) < 4.78 is 16.4. The molecule has 0 spiro atoms. The number of nitrogens with zero attached hydrogens (tertiary/aromatic N) is 3. The molecule has 0 aliphatic carbocycles. The third-order valence-electron chi connectivity index (χ3n) is 4.48. The van der Waals surface area contributed by atoms with Crippen molar-refractivity contribution in [3.05, 3.63) is 70.1 Å². The number of benzene rings is 1. The number of rotatable bonds is 7. The highest BCUT2D eigenvalue weighted by Crippen LogP contribution is 2.22. The molecule has 0 aliphatic rings. The van der Waals surface area contributed by atoms with Crippen molar-refractivity contribution in [1.29, 1.82) is 0 Å². The molecule has 0 amide bonds. The van der Waals surface area contributed by atoms with Gasteiger partial charge in [0.05, 0.1) is 12.8 Å². The van der Waals surface area contributed by atoms with Gasteiger partial charge in [-0.3, -0.25) is 4.90 Å². The highest BCUT2D eigenvalue weighted by molar-refractivity contribution is 5.80. The van der Waals surface area contributed by atoms with E-state index in [-0.39, 0.29) is 5.63 Å². The number of hydrogen-bond donors (Lipinski definition) is 0. The Morgan fingerprint density at radius 1 is 1.07 bits per heavy atom. The molecule has 0 unspecified atom stereocenters. The number of fused-ring (bicyclic) bond motifs is 1. The molecule has 4 aromatic rings. The van der Waals surface area contributed by atoms with E-state index < -0.39 is 0 Å². The summed E-state index contributed by atoms with van der Waals surface area (Å²) in [6, 6.07) is 11.0. The Hall–Kier alpha value is -3.19. The summed E-state index contributed by atoms with van der Waals surface area (Å²) in [5.74, 6) is 1.41. The SMILES string of the molecule is CCCN(Cc1nnc(-c2ccco2)o1)Cc1cc(=O)oc2cc(C)ccc12. The van der Waals surface area contributed by atoms with Crippen LogP contribution in [0.2, 0.25) is 0 Å². The first-order valence-corrected chi connectivity index (χ1v) is 9.24. The molecule has 0 aliphatic heterocycles. The lowest BCUT2D eigenvalue weighted by molar-refractivity contribution is 0.232. The summed E-state index contributed by atoms with van der Waals surface area (Å²) in [6.07, 6.45) is 2.52. The molecule has 0 fully saturated rings. The predicted octanol–water partition coefficient (Wildman–Crippen LogP) is 4.16. The van der Waals surface area contributed by atoms with E-state index >= 15 is 0 Å². The van der Waals surface area contributed by atoms with Gasteiger partial charge in [0, 0.05) is 18.0 Å². The van der Waals surface area contributed by atoms with E-state index in [9.17, 15) is 4.79 Å². The molecule has 0 atom stereocenters. The van der Waals surface area contributed by atoms with E-state index in [0.29, 0.717) is 36.2 Å². The maximum absolute atomic E-state index is 12.0. The van der Waals surface area contributed by atoms with Crippen LogP contribution in [-0.2, 0) is 13.1 Å². The van der Waals surface area contributed by atoms with Gasteiger partial charge in [0.1, 0.15) is 5.58 Å². The van der Waals surface area contributed by atoms with Crippen molar-refractivity contribution < 1.29 is 13.3 Å². The van der Waals surface area contributed by atoms with E-state index in [1.165, 1.54) is 0 Å². The van der Waals surface area contributed by atoms with Crippen LogP contribution in [0.1, 0.15) is 30.4 Å². The normalized spacial score (nSPS) is 11.5. The van der Waals surface area contributed by atoms with E-state index in [1.807, 2.05) is 25.1 Å². The Morgan fingerprint density at radius 2 is 1.96 bits per heavy atom. The van der Waals surface area contributed by atoms with Crippen LogP contribution in [0.3, 0.4) is 0 Å². The molecule has 1 aromatic carbocycles. The average molecular weight is 379 g/mol. The van der Waals surface area contributed by atoms with Gasteiger partial charge in [-0.15, -0.1) is 10.2 Å². The van der Waals surface area contributed by atoms with Crippen molar-refractivity contribution in [3.63, 3.8) is 0 Å². The van der Waals surface area contributed by atoms with Crippen LogP contribution in [0.4, 0.5) is 0 Å². The van der Waals surface area contributed by atoms with Crippen molar-refractivity contribution in [3.8, 4) is 11.7 Å². The molecular formula is C21H21N3O4. The third-order valence-corrected chi connectivity index (χ3v) is 4.48. The lowest BCUT2D eigenvalue weighted by Gasteiger charge is -2.20. The summed E-state index contributed by atoms with van der Waals surface area (Å²) in [7, 11) is 0. The molecular weight excluding hydrogens is 358 g/mol. The quantitative estimate of drug-likeness (QED) is 0.446. The van der Waals surface area contributed by atoms with Gasteiger partial charge in [-0.05, 0) is 49.2 Å². The highest BCUT2D eigenvalue weighted by atomic mass is 16.4. The molecule has 3 aromatic heterocycles. The summed E-state index contributed by atoms with van der Waals surface area (Å²) in [4.78, 5) is 14.2. The first kappa shape index (κ1) is 18.2. The van der Waals surface area contributed by atoms with Gasteiger partial charge < -0.3 is 13.3 Å². The largest absolute Gasteiger partial charge is 0.459 e. The molecule has 3 heterocycles. The first-order valence-electron chi connectivity index (χ1n) is 9.24. The van der Waals surface area contributed by atoms with E-state index in [2.05, 4.69) is 22.0 Å². The Morgan fingerprint density at radius 3 is 2.75 bits per heavy atom. The van der Waals surface area contributed by atoms with Crippen molar-refractivity contribution in [1.82, 2.24) is 15.1 Å². The minimum absolute atomic E-state index is 0.345. The molecule has 4 rings (SSSR count). The monoisotopic (exact) mass is 379 g/mol. The van der Waals surface area contributed by atoms with E-state index in [0.717, 1.165) is 29.5 Å². The predicted molar refractivity (Wildman–Crippen MR) is 104 cm³/mol. The molecule has 28 heavy (non-hydrogen) atoms. The van der Waals surface area contributed by atoms with E-state index in [1.54, 1.807) is 24.5 Å². The minimum Gasteiger partial charge on any atom is -0.459 e. The van der Waals surface area contributed by atoms with Gasteiger partial charge in [0.15, 0.2) is 5.76 Å². The number of aryl methyl sites for hydroxylation is 1. The first-order chi connectivity index (χ1) is 13.6. The molecule has 0 bridgehead atoms. The lowest BCUT2D eigenvalue weighted by atomic mass is 10.1. The van der Waals surface area contributed by atoms with Crippen molar-refractivity contribution >= 4 is 11.0 Å². The van der Waals surface area contributed by atoms with Crippen LogP contribution in [0, 0.1) is 6.92 Å². The average Bonchev–Trinajstić information content (AvgIpc) is 3.32. The van der Waals surface area contributed by atoms with Crippen LogP contribution >= 0.6 is 0 Å². The fourth-order valence-corrected chi connectivity index (χ4v) is 3.25. The standard InChI is InChI=1S/C21H21N3O4/c1-3-8-24(13-19-22-23-21(28-19)17-5-4-9-26-17)12-15-11-20(25)27-18-10-14(2)6-7-16(15)18/h4-7,9-11H,3,8,12-13H2,1-2H3. The molecule has 0 saturated carbocycles. The minimum atomic E-state index is -0.345. The zero-order valence-corrected chi connectivity index (χ0v) is 15.8. The second-order valence-corrected chi connectivity index (χ2v) is 6.78. The van der Waals surface area contributed by atoms with E-state index in [4.69, 9.17) is 13.3 Å². The molecule has 0 radical (unpaired) electrons. The van der Waals surface area contributed by atoms with Gasteiger partial charge in [0.2, 0.25) is 5.89 Å². The Bertz CT molecular complexity index is 1130. The zero-order valence-electron chi connectivity index (χ0n) is 15.8. The molecule has 144 valence electrons. The van der Waals surface area contributed by atoms with Gasteiger partial charge in [0.25, 0.3) is 5.89 Å². The van der Waals surface area contributed by atoms with Crippen LogP contribution in [0.25, 0.3) is 22.6 Å². The van der Waals surface area contributed by atoms with Crippen LogP contribution in [0.5, 0.6) is 0 Å². The lowest BCUT2D eigenvalue weighted by Crippen LogP contribution is -2.24. The number of furan rings is 1. The Kier molecular flexibility index (Phi) is 5.08. The van der Waals surface area contributed by atoms with Crippen molar-refractivity contribution in [2.45, 2.75) is 33.4 Å². The third kappa shape index (κ3) is 3.89. The maximum atomic E-state index is 12.0. The smallest absolute Gasteiger partial charge is 0.336 e. The molecule has 7 nitrogen and oxygen atoms in total. The van der Waals surface area contributed by atoms with Gasteiger partial charge in [-0.1, -0.05) is 19.1 Å². The zero-order chi connectivity index (χ0) is 19.5. The maximum Gasteiger partial charge on any atom is 0.336 e. The number of hydrogen-bond acceptors (Lipinski definition) is 7. The topological polar surface area (TPSA) is 85.5 Å². The van der Waals surface area contributed by atoms with Gasteiger partial charge >= 0.3 is 5.63 Å². The van der Waals surface area contributed by atoms with Crippen LogP contribution in [-0.4, -0.2) is 21.6 Å². The second kappa shape index (κ2) is 7.82. The van der Waals surface area contributed by atoms with Crippen LogP contribution < -0.4 is 5.63 Å². The van der Waals surface area contributed by atoms with Gasteiger partial charge in [-0.25, -0.2) is 4.79 Å². The highest BCUT2D eigenvalue weighted by Gasteiger charge is 2.16. The van der Waals surface area contributed by atoms with Gasteiger partial charge in [-0.2, -0.15) is 0 Å². The molecule has 0 saturated heterocycles. The number of aromatic nitrogens is 2. The van der Waals surface area contributed by atoms with Crippen LogP contribution in [0.15, 0.2) is 60.7 Å². The fourth-order valence-electron chi connectivity index (χ4n) is 3.25. The summed E-state index contributed by atoms with van der Waals surface area (Å²) in [6.45, 7) is 5.97.